The van der Waals surface area contributed by atoms with E-state index in [9.17, 15) is 18.0 Å². The smallest absolute Gasteiger partial charge is 0.416 e. The van der Waals surface area contributed by atoms with E-state index in [4.69, 9.17) is 4.74 Å². The quantitative estimate of drug-likeness (QED) is 0.554. The lowest BCUT2D eigenvalue weighted by molar-refractivity contribution is -0.137. The van der Waals surface area contributed by atoms with Crippen LogP contribution >= 0.6 is 11.3 Å². The van der Waals surface area contributed by atoms with Gasteiger partial charge in [-0.3, -0.25) is 0 Å². The molecule has 3 rings (SSSR count). The summed E-state index contributed by atoms with van der Waals surface area (Å²) in [5.41, 5.74) is 1.20. The van der Waals surface area contributed by atoms with Gasteiger partial charge in [0.25, 0.3) is 0 Å². The van der Waals surface area contributed by atoms with Gasteiger partial charge in [-0.1, -0.05) is 12.1 Å². The normalized spacial score (nSPS) is 11.9. The van der Waals surface area contributed by atoms with Gasteiger partial charge in [0.05, 0.1) is 12.2 Å². The first kappa shape index (κ1) is 18.5. The third-order valence-corrected chi connectivity index (χ3v) is 5.55. The highest BCUT2D eigenvalue weighted by Gasteiger charge is 2.30. The Morgan fingerprint density at radius 2 is 1.96 bits per heavy atom. The fourth-order valence-corrected chi connectivity index (χ4v) is 4.03. The SMILES string of the molecule is CCOC(=O)c1cc2c(C)c(C)sc2n1Cc1cccc(C(F)(F)F)c1. The number of aromatic nitrogens is 1. The molecule has 1 aromatic carbocycles. The van der Waals surface area contributed by atoms with Crippen molar-refractivity contribution in [3.8, 4) is 0 Å². The van der Waals surface area contributed by atoms with Crippen LogP contribution in [-0.4, -0.2) is 17.1 Å². The summed E-state index contributed by atoms with van der Waals surface area (Å²) in [6.07, 6.45) is -4.40. The summed E-state index contributed by atoms with van der Waals surface area (Å²) >= 11 is 1.52. The van der Waals surface area contributed by atoms with Gasteiger partial charge in [0.2, 0.25) is 0 Å². The molecular formula is C19H18F3NO2S. The molecule has 0 saturated heterocycles. The number of carbonyl (C=O) groups excluding carboxylic acids is 1. The first-order chi connectivity index (χ1) is 12.2. The standard InChI is InChI=1S/C19H18F3NO2S/c1-4-25-18(24)16-9-15-11(2)12(3)26-17(15)23(16)10-13-6-5-7-14(8-13)19(20,21)22/h5-9H,4,10H2,1-3H3. The van der Waals surface area contributed by atoms with Crippen molar-refractivity contribution in [2.24, 2.45) is 0 Å². The minimum Gasteiger partial charge on any atom is -0.461 e. The number of hydrogen-bond acceptors (Lipinski definition) is 3. The number of ether oxygens (including phenoxy) is 1. The zero-order valence-electron chi connectivity index (χ0n) is 14.6. The minimum absolute atomic E-state index is 0.168. The van der Waals surface area contributed by atoms with Crippen molar-refractivity contribution in [1.82, 2.24) is 4.57 Å². The van der Waals surface area contributed by atoms with Crippen molar-refractivity contribution in [3.05, 3.63) is 57.6 Å². The van der Waals surface area contributed by atoms with Crippen molar-refractivity contribution in [2.45, 2.75) is 33.5 Å². The maximum Gasteiger partial charge on any atom is 0.416 e. The number of fused-ring (bicyclic) bond motifs is 1. The third-order valence-electron chi connectivity index (χ3n) is 4.31. The van der Waals surface area contributed by atoms with E-state index in [2.05, 4.69) is 0 Å². The largest absolute Gasteiger partial charge is 0.461 e. The first-order valence-electron chi connectivity index (χ1n) is 8.14. The molecule has 0 aliphatic heterocycles. The van der Waals surface area contributed by atoms with Crippen LogP contribution in [0.4, 0.5) is 13.2 Å². The van der Waals surface area contributed by atoms with Crippen LogP contribution < -0.4 is 0 Å². The number of hydrogen-bond donors (Lipinski definition) is 0. The zero-order valence-corrected chi connectivity index (χ0v) is 15.4. The van der Waals surface area contributed by atoms with Crippen molar-refractivity contribution in [2.75, 3.05) is 6.61 Å². The number of halogens is 3. The lowest BCUT2D eigenvalue weighted by Crippen LogP contribution is -2.13. The number of alkyl halides is 3. The maximum absolute atomic E-state index is 13.0. The first-order valence-corrected chi connectivity index (χ1v) is 8.96. The van der Waals surface area contributed by atoms with Crippen LogP contribution in [0.1, 0.15) is 39.0 Å². The fraction of sp³-hybridized carbons (Fsp3) is 0.316. The van der Waals surface area contributed by atoms with E-state index in [-0.39, 0.29) is 13.2 Å². The Labute approximate surface area is 153 Å². The summed E-state index contributed by atoms with van der Waals surface area (Å²) < 4.78 is 45.8. The van der Waals surface area contributed by atoms with Crippen LogP contribution in [0.15, 0.2) is 30.3 Å². The third kappa shape index (κ3) is 3.35. The Bertz CT molecular complexity index is 969. The molecule has 138 valence electrons. The molecular weight excluding hydrogens is 363 g/mol. The van der Waals surface area contributed by atoms with Crippen molar-refractivity contribution < 1.29 is 22.7 Å². The molecule has 0 N–H and O–H groups in total. The van der Waals surface area contributed by atoms with Gasteiger partial charge < -0.3 is 9.30 Å². The fourth-order valence-electron chi connectivity index (χ4n) is 2.88. The van der Waals surface area contributed by atoms with Crippen molar-refractivity contribution in [1.29, 1.82) is 0 Å². The molecule has 0 aliphatic rings. The Morgan fingerprint density at radius 3 is 2.62 bits per heavy atom. The number of carbonyl (C=O) groups is 1. The Kier molecular flexibility index (Phi) is 4.84. The molecule has 2 aromatic heterocycles. The van der Waals surface area contributed by atoms with Crippen molar-refractivity contribution in [3.63, 3.8) is 0 Å². The van der Waals surface area contributed by atoms with E-state index >= 15 is 0 Å². The van der Waals surface area contributed by atoms with E-state index in [0.29, 0.717) is 11.3 Å². The summed E-state index contributed by atoms with van der Waals surface area (Å²) in [5, 5.41) is 0.933. The number of benzene rings is 1. The molecule has 2 heterocycles. The molecule has 0 atom stereocenters. The molecule has 0 amide bonds. The number of thiophene rings is 1. The molecule has 0 aliphatic carbocycles. The van der Waals surface area contributed by atoms with Gasteiger partial charge in [-0.15, -0.1) is 11.3 Å². The number of nitrogens with zero attached hydrogens (tertiary/aromatic N) is 1. The minimum atomic E-state index is -4.40. The summed E-state index contributed by atoms with van der Waals surface area (Å²) in [7, 11) is 0. The molecule has 0 unspecified atom stereocenters. The van der Waals surface area contributed by atoms with E-state index < -0.39 is 17.7 Å². The predicted octanol–water partition coefficient (Wildman–Crippen LogP) is 5.56. The monoisotopic (exact) mass is 381 g/mol. The highest BCUT2D eigenvalue weighted by molar-refractivity contribution is 7.18. The molecule has 0 fully saturated rings. The maximum atomic E-state index is 13.0. The average Bonchev–Trinajstić information content (AvgIpc) is 3.05. The van der Waals surface area contributed by atoms with Gasteiger partial charge in [0.15, 0.2) is 0 Å². The second-order valence-electron chi connectivity index (χ2n) is 6.04. The number of esters is 1. The van der Waals surface area contributed by atoms with E-state index in [1.54, 1.807) is 23.6 Å². The van der Waals surface area contributed by atoms with Crippen LogP contribution in [0.5, 0.6) is 0 Å². The highest BCUT2D eigenvalue weighted by Crippen LogP contribution is 2.35. The van der Waals surface area contributed by atoms with Crippen LogP contribution in [0, 0.1) is 13.8 Å². The Morgan fingerprint density at radius 1 is 1.23 bits per heavy atom. The van der Waals surface area contributed by atoms with Gasteiger partial charge in [0, 0.05) is 16.8 Å². The summed E-state index contributed by atoms with van der Waals surface area (Å²) in [4.78, 5) is 14.3. The summed E-state index contributed by atoms with van der Waals surface area (Å²) in [6, 6.07) is 6.94. The predicted molar refractivity (Wildman–Crippen MR) is 95.8 cm³/mol. The Balaban J connectivity index is 2.10. The number of rotatable bonds is 4. The van der Waals surface area contributed by atoms with Crippen molar-refractivity contribution >= 4 is 27.5 Å². The average molecular weight is 381 g/mol. The second kappa shape index (κ2) is 6.79. The molecule has 7 heteroatoms. The highest BCUT2D eigenvalue weighted by atomic mass is 32.1. The molecule has 0 saturated carbocycles. The van der Waals surface area contributed by atoms with E-state index in [0.717, 1.165) is 32.8 Å². The molecule has 0 spiro atoms. The number of aryl methyl sites for hydroxylation is 2. The van der Waals surface area contributed by atoms with Gasteiger partial charge in [-0.25, -0.2) is 4.79 Å². The molecule has 3 aromatic rings. The Hall–Kier alpha value is -2.28. The van der Waals surface area contributed by atoms with Crippen LogP contribution in [0.2, 0.25) is 0 Å². The van der Waals surface area contributed by atoms with Crippen LogP contribution in [-0.2, 0) is 17.5 Å². The van der Waals surface area contributed by atoms with Gasteiger partial charge >= 0.3 is 12.1 Å². The topological polar surface area (TPSA) is 31.2 Å². The van der Waals surface area contributed by atoms with Crippen LogP contribution in [0.25, 0.3) is 10.2 Å². The van der Waals surface area contributed by atoms with Gasteiger partial charge in [0.1, 0.15) is 10.5 Å². The van der Waals surface area contributed by atoms with Gasteiger partial charge in [-0.2, -0.15) is 13.2 Å². The van der Waals surface area contributed by atoms with Gasteiger partial charge in [-0.05, 0) is 50.1 Å². The lowest BCUT2D eigenvalue weighted by atomic mass is 10.1. The lowest BCUT2D eigenvalue weighted by Gasteiger charge is -2.12. The van der Waals surface area contributed by atoms with Crippen LogP contribution in [0.3, 0.4) is 0 Å². The van der Waals surface area contributed by atoms with E-state index in [1.165, 1.54) is 17.4 Å². The zero-order chi connectivity index (χ0) is 19.1. The molecule has 26 heavy (non-hydrogen) atoms. The second-order valence-corrected chi connectivity index (χ2v) is 7.24. The molecule has 3 nitrogen and oxygen atoms in total. The summed E-state index contributed by atoms with van der Waals surface area (Å²) in [5.74, 6) is -0.472. The summed E-state index contributed by atoms with van der Waals surface area (Å²) in [6.45, 7) is 6.08. The molecule has 0 bridgehead atoms. The van der Waals surface area contributed by atoms with E-state index in [1.807, 2.05) is 13.8 Å². The molecule has 0 radical (unpaired) electrons.